The summed E-state index contributed by atoms with van der Waals surface area (Å²) in [6.45, 7) is 2.50. The fourth-order valence-corrected chi connectivity index (χ4v) is 2.78. The maximum atomic E-state index is 12.5. The number of nitro groups is 1. The minimum atomic E-state index is -0.690. The van der Waals surface area contributed by atoms with Crippen molar-refractivity contribution in [3.63, 3.8) is 0 Å². The molecule has 2 rings (SSSR count). The lowest BCUT2D eigenvalue weighted by Crippen LogP contribution is -2.13. The maximum Gasteiger partial charge on any atom is 0.271 e. The Morgan fingerprint density at radius 1 is 1.34 bits per heavy atom. The standard InChI is InChI=1S/C20H18BrN3O5/c1-3-7-29-19-11-17(21)13(9-18(19)28-2)8-14(12-22)20(25)23-15-5-4-6-16(10-15)24(26)27/h4-6,8-11H,3,7H2,1-2H3,(H,23,25). The third-order valence-electron chi connectivity index (χ3n) is 3.72. The number of carbonyl (C=O) groups is 1. The summed E-state index contributed by atoms with van der Waals surface area (Å²) in [4.78, 5) is 22.8. The number of anilines is 1. The Balaban J connectivity index is 2.31. The molecule has 0 unspecified atom stereocenters. The molecule has 9 heteroatoms. The number of halogens is 1. The van der Waals surface area contributed by atoms with Crippen LogP contribution in [0.15, 0.2) is 46.4 Å². The minimum absolute atomic E-state index is 0.166. The molecule has 0 aliphatic heterocycles. The average Bonchev–Trinajstić information content (AvgIpc) is 2.71. The third-order valence-corrected chi connectivity index (χ3v) is 4.41. The molecule has 150 valence electrons. The Hall–Kier alpha value is -3.38. The number of amides is 1. The van der Waals surface area contributed by atoms with Crippen molar-refractivity contribution < 1.29 is 19.2 Å². The summed E-state index contributed by atoms with van der Waals surface area (Å²) in [6.07, 6.45) is 2.22. The molecule has 0 bridgehead atoms. The highest BCUT2D eigenvalue weighted by Crippen LogP contribution is 2.34. The third kappa shape index (κ3) is 5.80. The zero-order valence-electron chi connectivity index (χ0n) is 15.8. The van der Waals surface area contributed by atoms with Crippen molar-refractivity contribution in [2.45, 2.75) is 13.3 Å². The van der Waals surface area contributed by atoms with E-state index < -0.39 is 10.8 Å². The van der Waals surface area contributed by atoms with Crippen molar-refractivity contribution in [1.82, 2.24) is 0 Å². The molecular formula is C20H18BrN3O5. The Morgan fingerprint density at radius 3 is 2.72 bits per heavy atom. The number of nitriles is 1. The van der Waals surface area contributed by atoms with Gasteiger partial charge in [0.2, 0.25) is 0 Å². The van der Waals surface area contributed by atoms with E-state index in [1.165, 1.54) is 37.5 Å². The number of rotatable bonds is 8. The van der Waals surface area contributed by atoms with Gasteiger partial charge in [0.15, 0.2) is 11.5 Å². The van der Waals surface area contributed by atoms with Crippen molar-refractivity contribution in [2.24, 2.45) is 0 Å². The Morgan fingerprint density at radius 2 is 2.10 bits per heavy atom. The number of methoxy groups -OCH3 is 1. The molecule has 0 fully saturated rings. The number of hydrogen-bond acceptors (Lipinski definition) is 6. The van der Waals surface area contributed by atoms with E-state index in [0.717, 1.165) is 6.42 Å². The second kappa shape index (κ2) is 10.2. The predicted octanol–water partition coefficient (Wildman–Crippen LogP) is 4.70. The molecule has 8 nitrogen and oxygen atoms in total. The molecule has 1 N–H and O–H groups in total. The Labute approximate surface area is 176 Å². The Bertz CT molecular complexity index is 998. The molecule has 0 atom stereocenters. The molecule has 0 aliphatic carbocycles. The highest BCUT2D eigenvalue weighted by atomic mass is 79.9. The highest BCUT2D eigenvalue weighted by molar-refractivity contribution is 9.10. The van der Waals surface area contributed by atoms with E-state index in [1.807, 2.05) is 13.0 Å². The van der Waals surface area contributed by atoms with Gasteiger partial charge >= 0.3 is 0 Å². The van der Waals surface area contributed by atoms with Gasteiger partial charge in [0.25, 0.3) is 11.6 Å². The van der Waals surface area contributed by atoms with Crippen LogP contribution in [-0.2, 0) is 4.79 Å². The van der Waals surface area contributed by atoms with Crippen molar-refractivity contribution in [1.29, 1.82) is 5.26 Å². The minimum Gasteiger partial charge on any atom is -0.493 e. The molecule has 2 aromatic carbocycles. The largest absolute Gasteiger partial charge is 0.493 e. The van der Waals surface area contributed by atoms with Gasteiger partial charge in [-0.2, -0.15) is 5.26 Å². The van der Waals surface area contributed by atoms with Crippen LogP contribution in [0.3, 0.4) is 0 Å². The summed E-state index contributed by atoms with van der Waals surface area (Å²) in [7, 11) is 1.50. The lowest BCUT2D eigenvalue weighted by molar-refractivity contribution is -0.384. The zero-order chi connectivity index (χ0) is 21.4. The van der Waals surface area contributed by atoms with E-state index in [-0.39, 0.29) is 16.9 Å². The molecule has 0 saturated heterocycles. The number of nitro benzene ring substituents is 1. The average molecular weight is 460 g/mol. The van der Waals surface area contributed by atoms with Gasteiger partial charge in [0, 0.05) is 22.3 Å². The van der Waals surface area contributed by atoms with Gasteiger partial charge in [0.05, 0.1) is 18.6 Å². The van der Waals surface area contributed by atoms with Crippen LogP contribution in [0, 0.1) is 21.4 Å². The molecule has 0 heterocycles. The smallest absolute Gasteiger partial charge is 0.271 e. The van der Waals surface area contributed by atoms with E-state index in [0.29, 0.717) is 28.1 Å². The molecule has 29 heavy (non-hydrogen) atoms. The van der Waals surface area contributed by atoms with Crippen LogP contribution in [0.2, 0.25) is 0 Å². The van der Waals surface area contributed by atoms with Crippen molar-refractivity contribution in [3.05, 3.63) is 62.1 Å². The monoisotopic (exact) mass is 459 g/mol. The van der Waals surface area contributed by atoms with E-state index in [4.69, 9.17) is 9.47 Å². The first-order chi connectivity index (χ1) is 13.9. The van der Waals surface area contributed by atoms with Crippen LogP contribution in [0.1, 0.15) is 18.9 Å². The number of ether oxygens (including phenoxy) is 2. The number of nitrogens with one attached hydrogen (secondary N) is 1. The summed E-state index contributed by atoms with van der Waals surface area (Å²) < 4.78 is 11.6. The van der Waals surface area contributed by atoms with Crippen LogP contribution in [0.4, 0.5) is 11.4 Å². The van der Waals surface area contributed by atoms with E-state index in [1.54, 1.807) is 12.1 Å². The van der Waals surface area contributed by atoms with Crippen molar-refractivity contribution in [3.8, 4) is 17.6 Å². The van der Waals surface area contributed by atoms with Gasteiger partial charge in [-0.15, -0.1) is 0 Å². The molecular weight excluding hydrogens is 442 g/mol. The van der Waals surface area contributed by atoms with Crippen molar-refractivity contribution in [2.75, 3.05) is 19.0 Å². The molecule has 0 radical (unpaired) electrons. The molecule has 0 saturated carbocycles. The lowest BCUT2D eigenvalue weighted by atomic mass is 10.1. The van der Waals surface area contributed by atoms with Crippen molar-refractivity contribution >= 4 is 39.3 Å². The summed E-state index contributed by atoms with van der Waals surface area (Å²) in [5, 5.41) is 22.8. The first kappa shape index (κ1) is 21.9. The first-order valence-corrected chi connectivity index (χ1v) is 9.36. The van der Waals surface area contributed by atoms with Crippen LogP contribution < -0.4 is 14.8 Å². The van der Waals surface area contributed by atoms with E-state index in [9.17, 15) is 20.2 Å². The molecule has 0 aliphatic rings. The second-order valence-electron chi connectivity index (χ2n) is 5.80. The highest BCUT2D eigenvalue weighted by Gasteiger charge is 2.15. The van der Waals surface area contributed by atoms with Gasteiger partial charge in [0.1, 0.15) is 11.6 Å². The number of hydrogen-bond donors (Lipinski definition) is 1. The predicted molar refractivity (Wildman–Crippen MR) is 112 cm³/mol. The summed E-state index contributed by atoms with van der Waals surface area (Å²) in [5.41, 5.74) is 0.406. The van der Waals surface area contributed by atoms with Gasteiger partial charge in [-0.1, -0.05) is 28.9 Å². The number of carbonyl (C=O) groups excluding carboxylic acids is 1. The van der Waals surface area contributed by atoms with Gasteiger partial charge in [-0.25, -0.2) is 0 Å². The van der Waals surface area contributed by atoms with Crippen LogP contribution in [-0.4, -0.2) is 24.5 Å². The second-order valence-corrected chi connectivity index (χ2v) is 6.66. The summed E-state index contributed by atoms with van der Waals surface area (Å²) in [5.74, 6) is 0.312. The SMILES string of the molecule is CCCOc1cc(Br)c(C=C(C#N)C(=O)Nc2cccc([N+](=O)[O-])c2)cc1OC. The molecule has 0 spiro atoms. The van der Waals surface area contributed by atoms with Gasteiger partial charge in [-0.3, -0.25) is 14.9 Å². The quantitative estimate of drug-likeness (QED) is 0.264. The molecule has 0 aromatic heterocycles. The maximum absolute atomic E-state index is 12.5. The van der Waals surface area contributed by atoms with Gasteiger partial charge in [-0.05, 0) is 36.3 Å². The Kier molecular flexibility index (Phi) is 7.74. The number of non-ortho nitro benzene ring substituents is 1. The normalized spacial score (nSPS) is 10.8. The van der Waals surface area contributed by atoms with Crippen LogP contribution in [0.5, 0.6) is 11.5 Å². The summed E-state index contributed by atoms with van der Waals surface area (Å²) in [6, 6.07) is 10.7. The van der Waals surface area contributed by atoms with Gasteiger partial charge < -0.3 is 14.8 Å². The summed E-state index contributed by atoms with van der Waals surface area (Å²) >= 11 is 3.41. The zero-order valence-corrected chi connectivity index (χ0v) is 17.4. The molecule has 1 amide bonds. The first-order valence-electron chi connectivity index (χ1n) is 8.57. The fraction of sp³-hybridized carbons (Fsp3) is 0.200. The fourth-order valence-electron chi connectivity index (χ4n) is 2.35. The van der Waals surface area contributed by atoms with E-state index >= 15 is 0 Å². The van der Waals surface area contributed by atoms with E-state index in [2.05, 4.69) is 21.2 Å². The van der Waals surface area contributed by atoms with Crippen LogP contribution >= 0.6 is 15.9 Å². The number of nitrogens with zero attached hydrogens (tertiary/aromatic N) is 2. The lowest BCUT2D eigenvalue weighted by Gasteiger charge is -2.12. The van der Waals surface area contributed by atoms with Crippen LogP contribution in [0.25, 0.3) is 6.08 Å². The number of benzene rings is 2. The topological polar surface area (TPSA) is 114 Å². The molecule has 2 aromatic rings.